The van der Waals surface area contributed by atoms with Crippen LogP contribution in [0.2, 0.25) is 0 Å². The Balaban J connectivity index is 1.97. The summed E-state index contributed by atoms with van der Waals surface area (Å²) < 4.78 is 74.7. The lowest BCUT2D eigenvalue weighted by Gasteiger charge is -2.19. The van der Waals surface area contributed by atoms with Crippen LogP contribution in [0.1, 0.15) is 24.5 Å². The van der Waals surface area contributed by atoms with E-state index in [0.29, 0.717) is 5.76 Å². The summed E-state index contributed by atoms with van der Waals surface area (Å²) in [7, 11) is 0. The summed E-state index contributed by atoms with van der Waals surface area (Å²) in [5, 5.41) is 0. The van der Waals surface area contributed by atoms with Crippen LogP contribution >= 0.6 is 0 Å². The van der Waals surface area contributed by atoms with Crippen LogP contribution in [0, 0.1) is 11.6 Å². The average Bonchev–Trinajstić information content (AvgIpc) is 2.54. The van der Waals surface area contributed by atoms with Gasteiger partial charge < -0.3 is 9.47 Å². The minimum atomic E-state index is -4.85. The molecule has 0 radical (unpaired) electrons. The maximum absolute atomic E-state index is 14.9. The topological polar surface area (TPSA) is 35.5 Å². The van der Waals surface area contributed by atoms with Gasteiger partial charge in [-0.25, -0.2) is 8.78 Å². The van der Waals surface area contributed by atoms with Crippen molar-refractivity contribution in [3.63, 3.8) is 0 Å². The van der Waals surface area contributed by atoms with Crippen LogP contribution in [0.3, 0.4) is 0 Å². The summed E-state index contributed by atoms with van der Waals surface area (Å²) in [6.45, 7) is 1.23. The molecule has 0 saturated carbocycles. The van der Waals surface area contributed by atoms with Crippen molar-refractivity contribution in [1.29, 1.82) is 0 Å². The highest BCUT2D eigenvalue weighted by Crippen LogP contribution is 2.36. The van der Waals surface area contributed by atoms with E-state index in [1.807, 2.05) is 0 Å². The molecule has 2 aromatic rings. The summed E-state index contributed by atoms with van der Waals surface area (Å²) in [6.07, 6.45) is -2.98. The van der Waals surface area contributed by atoms with E-state index in [9.17, 15) is 26.7 Å². The van der Waals surface area contributed by atoms with Gasteiger partial charge in [-0.05, 0) is 47.4 Å². The Morgan fingerprint density at radius 1 is 1.07 bits per heavy atom. The highest BCUT2D eigenvalue weighted by atomic mass is 19.4. The van der Waals surface area contributed by atoms with Gasteiger partial charge in [-0.2, -0.15) is 0 Å². The van der Waals surface area contributed by atoms with Crippen molar-refractivity contribution in [3.05, 3.63) is 58.9 Å². The van der Waals surface area contributed by atoms with Crippen LogP contribution < -0.4 is 4.74 Å². The number of fused-ring (bicyclic) bond motifs is 1. The molecule has 0 aromatic heterocycles. The SMILES string of the molecule is CC(=O)OC1=Cc2cc(F)c(-c3ccc(OC(F)(F)F)cc3)c(F)c2CC1. The molecule has 0 bridgehead atoms. The Bertz CT molecular complexity index is 914. The van der Waals surface area contributed by atoms with E-state index in [4.69, 9.17) is 4.74 Å². The zero-order valence-corrected chi connectivity index (χ0v) is 14.0. The maximum Gasteiger partial charge on any atom is 0.573 e. The monoisotopic (exact) mass is 384 g/mol. The number of esters is 1. The van der Waals surface area contributed by atoms with Crippen LogP contribution in [-0.4, -0.2) is 12.3 Å². The third kappa shape index (κ3) is 4.27. The number of alkyl halides is 3. The van der Waals surface area contributed by atoms with Gasteiger partial charge in [0, 0.05) is 13.3 Å². The van der Waals surface area contributed by atoms with E-state index in [1.54, 1.807) is 0 Å². The van der Waals surface area contributed by atoms with E-state index >= 15 is 0 Å². The molecule has 0 fully saturated rings. The van der Waals surface area contributed by atoms with E-state index in [-0.39, 0.29) is 35.1 Å². The van der Waals surface area contributed by atoms with Crippen molar-refractivity contribution in [2.45, 2.75) is 26.1 Å². The molecule has 0 amide bonds. The maximum atomic E-state index is 14.9. The van der Waals surface area contributed by atoms with Gasteiger partial charge in [0.15, 0.2) is 0 Å². The Morgan fingerprint density at radius 3 is 2.33 bits per heavy atom. The Kier molecular flexibility index (Phi) is 4.91. The fraction of sp³-hybridized carbons (Fsp3) is 0.211. The first-order valence-electron chi connectivity index (χ1n) is 7.90. The van der Waals surface area contributed by atoms with Crippen LogP contribution in [-0.2, 0) is 16.0 Å². The summed E-state index contributed by atoms with van der Waals surface area (Å²) in [6, 6.07) is 5.38. The Hall–Kier alpha value is -2.90. The Labute approximate surface area is 151 Å². The predicted octanol–water partition coefficient (Wildman–Crippen LogP) is 5.38. The third-order valence-corrected chi connectivity index (χ3v) is 3.94. The fourth-order valence-electron chi connectivity index (χ4n) is 2.91. The quantitative estimate of drug-likeness (QED) is 0.527. The van der Waals surface area contributed by atoms with Crippen LogP contribution in [0.15, 0.2) is 36.1 Å². The minimum absolute atomic E-state index is 0.0806. The Morgan fingerprint density at radius 2 is 1.74 bits per heavy atom. The van der Waals surface area contributed by atoms with Gasteiger partial charge >= 0.3 is 12.3 Å². The van der Waals surface area contributed by atoms with Crippen molar-refractivity contribution < 1.29 is 36.2 Å². The molecule has 0 N–H and O–H groups in total. The van der Waals surface area contributed by atoms with Gasteiger partial charge in [0.05, 0.1) is 5.56 Å². The van der Waals surface area contributed by atoms with Crippen molar-refractivity contribution in [1.82, 2.24) is 0 Å². The molecule has 1 aliphatic carbocycles. The molecule has 27 heavy (non-hydrogen) atoms. The number of allylic oxidation sites excluding steroid dienone is 1. The smallest absolute Gasteiger partial charge is 0.431 e. The molecule has 0 unspecified atom stereocenters. The molecular formula is C19H13F5O3. The molecule has 0 spiro atoms. The van der Waals surface area contributed by atoms with Crippen molar-refractivity contribution in [3.8, 4) is 16.9 Å². The van der Waals surface area contributed by atoms with E-state index in [2.05, 4.69) is 4.74 Å². The van der Waals surface area contributed by atoms with Gasteiger partial charge in [0.25, 0.3) is 0 Å². The van der Waals surface area contributed by atoms with Gasteiger partial charge in [-0.3, -0.25) is 4.79 Å². The second kappa shape index (κ2) is 7.02. The first kappa shape index (κ1) is 18.9. The number of hydrogen-bond donors (Lipinski definition) is 0. The summed E-state index contributed by atoms with van der Waals surface area (Å²) in [5.74, 6) is -2.37. The molecule has 3 nitrogen and oxygen atoms in total. The van der Waals surface area contributed by atoms with E-state index < -0.39 is 29.7 Å². The second-order valence-electron chi connectivity index (χ2n) is 5.89. The number of benzene rings is 2. The summed E-state index contributed by atoms with van der Waals surface area (Å²) >= 11 is 0. The van der Waals surface area contributed by atoms with Gasteiger partial charge in [-0.1, -0.05) is 12.1 Å². The molecular weight excluding hydrogens is 371 g/mol. The molecule has 142 valence electrons. The van der Waals surface area contributed by atoms with Crippen LogP contribution in [0.5, 0.6) is 5.75 Å². The normalized spacial score (nSPS) is 13.6. The van der Waals surface area contributed by atoms with Crippen molar-refractivity contribution in [2.24, 2.45) is 0 Å². The number of halogens is 5. The zero-order valence-electron chi connectivity index (χ0n) is 14.0. The largest absolute Gasteiger partial charge is 0.573 e. The standard InChI is InChI=1S/C19H13F5O3/c1-10(25)26-14-6-7-15-12(8-14)9-16(20)17(18(15)21)11-2-4-13(5-3-11)27-19(22,23)24/h2-5,8-9H,6-7H2,1H3. The van der Waals surface area contributed by atoms with Gasteiger partial charge in [0.2, 0.25) is 0 Å². The number of carbonyl (C=O) groups excluding carboxylic acids is 1. The minimum Gasteiger partial charge on any atom is -0.431 e. The molecule has 2 aromatic carbocycles. The number of rotatable bonds is 3. The molecule has 1 aliphatic rings. The highest BCUT2D eigenvalue weighted by Gasteiger charge is 2.31. The highest BCUT2D eigenvalue weighted by molar-refractivity contribution is 5.73. The first-order chi connectivity index (χ1) is 12.6. The first-order valence-corrected chi connectivity index (χ1v) is 7.90. The van der Waals surface area contributed by atoms with Crippen molar-refractivity contribution >= 4 is 12.0 Å². The summed E-state index contributed by atoms with van der Waals surface area (Å²) in [4.78, 5) is 11.0. The predicted molar refractivity (Wildman–Crippen MR) is 86.5 cm³/mol. The van der Waals surface area contributed by atoms with Crippen LogP contribution in [0.25, 0.3) is 17.2 Å². The average molecular weight is 384 g/mol. The van der Waals surface area contributed by atoms with Gasteiger partial charge in [-0.15, -0.1) is 13.2 Å². The number of hydrogen-bond acceptors (Lipinski definition) is 3. The van der Waals surface area contributed by atoms with Gasteiger partial charge in [0.1, 0.15) is 23.1 Å². The molecule has 0 aliphatic heterocycles. The van der Waals surface area contributed by atoms with E-state index in [0.717, 1.165) is 30.3 Å². The second-order valence-corrected chi connectivity index (χ2v) is 5.89. The third-order valence-electron chi connectivity index (χ3n) is 3.94. The van der Waals surface area contributed by atoms with Crippen LogP contribution in [0.4, 0.5) is 22.0 Å². The molecule has 8 heteroatoms. The van der Waals surface area contributed by atoms with Crippen molar-refractivity contribution in [2.75, 3.05) is 0 Å². The lowest BCUT2D eigenvalue weighted by Crippen LogP contribution is -2.17. The van der Waals surface area contributed by atoms with E-state index in [1.165, 1.54) is 13.0 Å². The summed E-state index contributed by atoms with van der Waals surface area (Å²) in [5.41, 5.74) is 0.250. The zero-order chi connectivity index (χ0) is 19.8. The molecule has 3 rings (SSSR count). The lowest BCUT2D eigenvalue weighted by molar-refractivity contribution is -0.274. The number of carbonyl (C=O) groups is 1. The molecule has 0 saturated heterocycles. The fourth-order valence-corrected chi connectivity index (χ4v) is 2.91. The lowest BCUT2D eigenvalue weighted by atomic mass is 9.91. The number of ether oxygens (including phenoxy) is 2. The molecule has 0 atom stereocenters. The molecule has 0 heterocycles.